The second-order valence-corrected chi connectivity index (χ2v) is 4.30. The highest BCUT2D eigenvalue weighted by atomic mass is 35.5. The Labute approximate surface area is 94.2 Å². The molecule has 3 nitrogen and oxygen atoms in total. The summed E-state index contributed by atoms with van der Waals surface area (Å²) in [6.07, 6.45) is 2.33. The van der Waals surface area contributed by atoms with Gasteiger partial charge in [0.05, 0.1) is 11.7 Å². The van der Waals surface area contributed by atoms with E-state index in [0.717, 1.165) is 17.5 Å². The van der Waals surface area contributed by atoms with Crippen molar-refractivity contribution in [1.82, 2.24) is 8.75 Å². The van der Waals surface area contributed by atoms with Gasteiger partial charge in [-0.25, -0.2) is 0 Å². The summed E-state index contributed by atoms with van der Waals surface area (Å²) in [5, 5.41) is 3.78. The Morgan fingerprint density at radius 1 is 1.36 bits per heavy atom. The molecule has 1 unspecified atom stereocenters. The normalized spacial score (nSPS) is 13.2. The molecular formula is C9H16ClN3S. The molecule has 0 aliphatic heterocycles. The molecule has 1 rings (SSSR count). The Morgan fingerprint density at radius 3 is 2.43 bits per heavy atom. The molecule has 80 valence electrons. The molecule has 0 amide bonds. The van der Waals surface area contributed by atoms with Gasteiger partial charge in [-0.1, -0.05) is 38.3 Å². The summed E-state index contributed by atoms with van der Waals surface area (Å²) in [5.41, 5.74) is 0. The second kappa shape index (κ2) is 5.51. The van der Waals surface area contributed by atoms with Crippen LogP contribution in [0.4, 0.5) is 5.82 Å². The van der Waals surface area contributed by atoms with Gasteiger partial charge in [0.15, 0.2) is 11.0 Å². The monoisotopic (exact) mass is 233 g/mol. The molecule has 0 fully saturated rings. The average molecular weight is 234 g/mol. The number of aromatic nitrogens is 2. The summed E-state index contributed by atoms with van der Waals surface area (Å²) in [4.78, 5) is 0. The third kappa shape index (κ3) is 2.82. The fourth-order valence-electron chi connectivity index (χ4n) is 1.59. The molecule has 0 aliphatic carbocycles. The SMILES string of the molecule is CCC(CC)C(C)Nc1nsnc1Cl. The molecule has 14 heavy (non-hydrogen) atoms. The van der Waals surface area contributed by atoms with Gasteiger partial charge >= 0.3 is 0 Å². The summed E-state index contributed by atoms with van der Waals surface area (Å²) in [6, 6.07) is 0.395. The number of nitrogens with one attached hydrogen (secondary N) is 1. The molecule has 0 aliphatic rings. The molecule has 5 heteroatoms. The van der Waals surface area contributed by atoms with Crippen LogP contribution in [-0.4, -0.2) is 14.8 Å². The maximum Gasteiger partial charge on any atom is 0.186 e. The van der Waals surface area contributed by atoms with E-state index in [-0.39, 0.29) is 0 Å². The molecule has 0 saturated heterocycles. The minimum Gasteiger partial charge on any atom is -0.364 e. The predicted molar refractivity (Wildman–Crippen MR) is 62.1 cm³/mol. The van der Waals surface area contributed by atoms with Crippen molar-refractivity contribution in [2.24, 2.45) is 5.92 Å². The number of halogens is 1. The molecule has 1 aromatic rings. The quantitative estimate of drug-likeness (QED) is 0.847. The number of hydrogen-bond donors (Lipinski definition) is 1. The molecule has 1 atom stereocenters. The zero-order valence-electron chi connectivity index (χ0n) is 8.75. The van der Waals surface area contributed by atoms with E-state index >= 15 is 0 Å². The number of nitrogens with zero attached hydrogens (tertiary/aromatic N) is 2. The van der Waals surface area contributed by atoms with Crippen molar-refractivity contribution in [2.75, 3.05) is 5.32 Å². The van der Waals surface area contributed by atoms with Gasteiger partial charge in [0.25, 0.3) is 0 Å². The predicted octanol–water partition coefficient (Wildman–Crippen LogP) is 3.43. The first-order chi connectivity index (χ1) is 6.69. The van der Waals surface area contributed by atoms with Gasteiger partial charge < -0.3 is 5.32 Å². The first-order valence-electron chi connectivity index (χ1n) is 4.93. The molecule has 0 saturated carbocycles. The van der Waals surface area contributed by atoms with Crippen LogP contribution in [-0.2, 0) is 0 Å². The molecule has 1 aromatic heterocycles. The molecule has 1 N–H and O–H groups in total. The van der Waals surface area contributed by atoms with Crippen molar-refractivity contribution in [2.45, 2.75) is 39.7 Å². The van der Waals surface area contributed by atoms with E-state index in [9.17, 15) is 0 Å². The van der Waals surface area contributed by atoms with Crippen LogP contribution in [0.15, 0.2) is 0 Å². The average Bonchev–Trinajstić information content (AvgIpc) is 2.54. The molecule has 0 spiro atoms. The zero-order valence-corrected chi connectivity index (χ0v) is 10.3. The van der Waals surface area contributed by atoms with Crippen LogP contribution in [0.1, 0.15) is 33.6 Å². The van der Waals surface area contributed by atoms with Gasteiger partial charge in [-0.15, -0.1) is 0 Å². The van der Waals surface area contributed by atoms with Crippen LogP contribution in [0.5, 0.6) is 0 Å². The van der Waals surface area contributed by atoms with Gasteiger partial charge in [0.1, 0.15) is 0 Å². The largest absolute Gasteiger partial charge is 0.364 e. The van der Waals surface area contributed by atoms with Gasteiger partial charge in [-0.2, -0.15) is 8.75 Å². The summed E-state index contributed by atoms with van der Waals surface area (Å²) in [7, 11) is 0. The van der Waals surface area contributed by atoms with Crippen LogP contribution in [0.25, 0.3) is 0 Å². The van der Waals surface area contributed by atoms with E-state index in [2.05, 4.69) is 34.8 Å². The standard InChI is InChI=1S/C9H16ClN3S/c1-4-7(5-2)6(3)11-9-8(10)12-14-13-9/h6-7H,4-5H2,1-3H3,(H,11,13). The highest BCUT2D eigenvalue weighted by molar-refractivity contribution is 6.99. The molecule has 1 heterocycles. The maximum absolute atomic E-state index is 5.85. The van der Waals surface area contributed by atoms with Crippen molar-refractivity contribution in [1.29, 1.82) is 0 Å². The lowest BCUT2D eigenvalue weighted by Gasteiger charge is -2.22. The van der Waals surface area contributed by atoms with Crippen molar-refractivity contribution < 1.29 is 0 Å². The van der Waals surface area contributed by atoms with Crippen molar-refractivity contribution in [3.8, 4) is 0 Å². The topological polar surface area (TPSA) is 37.8 Å². The van der Waals surface area contributed by atoms with Crippen LogP contribution < -0.4 is 5.32 Å². The van der Waals surface area contributed by atoms with E-state index in [0.29, 0.717) is 17.1 Å². The lowest BCUT2D eigenvalue weighted by atomic mass is 9.96. The molecular weight excluding hydrogens is 218 g/mol. The lowest BCUT2D eigenvalue weighted by Crippen LogP contribution is -2.25. The Kier molecular flexibility index (Phi) is 4.62. The fourth-order valence-corrected chi connectivity index (χ4v) is 2.25. The zero-order chi connectivity index (χ0) is 10.6. The summed E-state index contributed by atoms with van der Waals surface area (Å²) < 4.78 is 8.01. The van der Waals surface area contributed by atoms with E-state index in [1.54, 1.807) is 0 Å². The van der Waals surface area contributed by atoms with Crippen molar-refractivity contribution >= 4 is 29.1 Å². The van der Waals surface area contributed by atoms with Gasteiger partial charge in [-0.05, 0) is 12.8 Å². The van der Waals surface area contributed by atoms with Gasteiger partial charge in [0, 0.05) is 6.04 Å². The molecule has 0 radical (unpaired) electrons. The minimum absolute atomic E-state index is 0.395. The van der Waals surface area contributed by atoms with E-state index in [1.807, 2.05) is 0 Å². The minimum atomic E-state index is 0.395. The highest BCUT2D eigenvalue weighted by Crippen LogP contribution is 2.22. The van der Waals surface area contributed by atoms with E-state index in [1.165, 1.54) is 12.8 Å². The third-order valence-corrected chi connectivity index (χ3v) is 3.46. The number of anilines is 1. The van der Waals surface area contributed by atoms with Crippen LogP contribution >= 0.6 is 23.3 Å². The Hall–Kier alpha value is -0.350. The van der Waals surface area contributed by atoms with Gasteiger partial charge in [-0.3, -0.25) is 0 Å². The Bertz CT molecular complexity index is 273. The lowest BCUT2D eigenvalue weighted by molar-refractivity contribution is 0.437. The van der Waals surface area contributed by atoms with E-state index in [4.69, 9.17) is 11.6 Å². The first kappa shape index (κ1) is 11.7. The first-order valence-corrected chi connectivity index (χ1v) is 6.04. The van der Waals surface area contributed by atoms with Crippen LogP contribution in [0.2, 0.25) is 5.15 Å². The van der Waals surface area contributed by atoms with Crippen LogP contribution in [0, 0.1) is 5.92 Å². The number of hydrogen-bond acceptors (Lipinski definition) is 4. The van der Waals surface area contributed by atoms with Crippen molar-refractivity contribution in [3.05, 3.63) is 5.15 Å². The number of rotatable bonds is 5. The van der Waals surface area contributed by atoms with E-state index < -0.39 is 0 Å². The summed E-state index contributed by atoms with van der Waals surface area (Å²) in [5.74, 6) is 1.38. The molecule has 0 bridgehead atoms. The maximum atomic E-state index is 5.85. The molecule has 0 aromatic carbocycles. The van der Waals surface area contributed by atoms with Gasteiger partial charge in [0.2, 0.25) is 0 Å². The fraction of sp³-hybridized carbons (Fsp3) is 0.778. The third-order valence-electron chi connectivity index (χ3n) is 2.57. The Morgan fingerprint density at radius 2 is 2.00 bits per heavy atom. The highest BCUT2D eigenvalue weighted by Gasteiger charge is 2.15. The smallest absolute Gasteiger partial charge is 0.186 e. The van der Waals surface area contributed by atoms with Crippen LogP contribution in [0.3, 0.4) is 0 Å². The summed E-state index contributed by atoms with van der Waals surface area (Å²) >= 11 is 6.99. The Balaban J connectivity index is 2.56. The van der Waals surface area contributed by atoms with Crippen molar-refractivity contribution in [3.63, 3.8) is 0 Å². The summed E-state index contributed by atoms with van der Waals surface area (Å²) in [6.45, 7) is 6.56. The second-order valence-electron chi connectivity index (χ2n) is 3.41.